The lowest BCUT2D eigenvalue weighted by atomic mass is 9.99. The molecule has 0 atom stereocenters. The Kier molecular flexibility index (Phi) is 3.70. The van der Waals surface area contributed by atoms with E-state index >= 15 is 0 Å². The van der Waals surface area contributed by atoms with E-state index in [1.54, 1.807) is 47.8 Å². The van der Waals surface area contributed by atoms with E-state index in [2.05, 4.69) is 20.1 Å². The predicted molar refractivity (Wildman–Crippen MR) is 85.4 cm³/mol. The molecular weight excluding hydrogens is 330 g/mol. The summed E-state index contributed by atoms with van der Waals surface area (Å²) in [7, 11) is 0. The van der Waals surface area contributed by atoms with Crippen molar-refractivity contribution in [2.24, 2.45) is 0 Å². The van der Waals surface area contributed by atoms with Gasteiger partial charge in [0.2, 0.25) is 11.7 Å². The molecule has 0 spiro atoms. The fraction of sp³-hybridized carbons (Fsp3) is 0.188. The number of hydrogen-bond acceptors (Lipinski definition) is 6. The fourth-order valence-electron chi connectivity index (χ4n) is 2.50. The van der Waals surface area contributed by atoms with Gasteiger partial charge in [0, 0.05) is 36.1 Å². The third-order valence-corrected chi connectivity index (χ3v) is 4.10. The van der Waals surface area contributed by atoms with Gasteiger partial charge < -0.3 is 9.42 Å². The highest BCUT2D eigenvalue weighted by molar-refractivity contribution is 6.30. The molecule has 0 saturated carbocycles. The van der Waals surface area contributed by atoms with Gasteiger partial charge in [-0.25, -0.2) is 4.98 Å². The molecule has 1 aliphatic rings. The lowest BCUT2D eigenvalue weighted by Gasteiger charge is -2.37. The summed E-state index contributed by atoms with van der Waals surface area (Å²) in [5.74, 6) is 0.923. The van der Waals surface area contributed by atoms with Crippen LogP contribution in [0.15, 0.2) is 47.4 Å². The standard InChI is InChI=1S/C16H12ClN5O2/c17-12-3-1-10(2-4-12)16(23)22-8-11(9-22)15-20-14(21-24-15)13-7-18-5-6-19-13/h1-7,11H,8-9H2. The number of carbonyl (C=O) groups excluding carboxylic acids is 1. The Morgan fingerprint density at radius 2 is 2.00 bits per heavy atom. The highest BCUT2D eigenvalue weighted by Gasteiger charge is 2.36. The summed E-state index contributed by atoms with van der Waals surface area (Å²) in [6, 6.07) is 6.85. The summed E-state index contributed by atoms with van der Waals surface area (Å²) >= 11 is 5.84. The van der Waals surface area contributed by atoms with Gasteiger partial charge >= 0.3 is 0 Å². The van der Waals surface area contributed by atoms with E-state index in [9.17, 15) is 4.79 Å². The van der Waals surface area contributed by atoms with E-state index in [0.717, 1.165) is 0 Å². The minimum Gasteiger partial charge on any atom is -0.338 e. The predicted octanol–water partition coefficient (Wildman–Crippen LogP) is 2.42. The van der Waals surface area contributed by atoms with Crippen LogP contribution in [0.5, 0.6) is 0 Å². The van der Waals surface area contributed by atoms with Gasteiger partial charge in [-0.3, -0.25) is 9.78 Å². The van der Waals surface area contributed by atoms with Crippen molar-refractivity contribution in [2.45, 2.75) is 5.92 Å². The van der Waals surface area contributed by atoms with Crippen molar-refractivity contribution < 1.29 is 9.32 Å². The molecule has 0 bridgehead atoms. The smallest absolute Gasteiger partial charge is 0.253 e. The van der Waals surface area contributed by atoms with Crippen LogP contribution in [0.2, 0.25) is 5.02 Å². The molecule has 1 saturated heterocycles. The van der Waals surface area contributed by atoms with E-state index < -0.39 is 0 Å². The first-order valence-corrected chi connectivity index (χ1v) is 7.73. The zero-order valence-corrected chi connectivity index (χ0v) is 13.2. The largest absolute Gasteiger partial charge is 0.338 e. The molecule has 1 fully saturated rings. The van der Waals surface area contributed by atoms with E-state index in [1.807, 2.05) is 0 Å². The molecule has 24 heavy (non-hydrogen) atoms. The van der Waals surface area contributed by atoms with Crippen molar-refractivity contribution >= 4 is 17.5 Å². The topological polar surface area (TPSA) is 85.0 Å². The number of nitrogens with zero attached hydrogens (tertiary/aromatic N) is 5. The maximum atomic E-state index is 12.3. The molecule has 1 aromatic carbocycles. The fourth-order valence-corrected chi connectivity index (χ4v) is 2.62. The molecule has 1 aliphatic heterocycles. The Morgan fingerprint density at radius 1 is 1.21 bits per heavy atom. The molecule has 8 heteroatoms. The van der Waals surface area contributed by atoms with E-state index in [-0.39, 0.29) is 11.8 Å². The minimum atomic E-state index is -0.0309. The average molecular weight is 342 g/mol. The summed E-state index contributed by atoms with van der Waals surface area (Å²) in [6.07, 6.45) is 4.73. The van der Waals surface area contributed by atoms with Crippen LogP contribution in [-0.2, 0) is 0 Å². The van der Waals surface area contributed by atoms with Crippen LogP contribution in [-0.4, -0.2) is 44.0 Å². The zero-order chi connectivity index (χ0) is 16.5. The molecule has 0 N–H and O–H groups in total. The van der Waals surface area contributed by atoms with Crippen molar-refractivity contribution in [2.75, 3.05) is 13.1 Å². The summed E-state index contributed by atoms with van der Waals surface area (Å²) in [5.41, 5.74) is 1.17. The third-order valence-electron chi connectivity index (χ3n) is 3.84. The van der Waals surface area contributed by atoms with Gasteiger partial charge in [0.15, 0.2) is 0 Å². The second-order valence-electron chi connectivity index (χ2n) is 5.46. The van der Waals surface area contributed by atoms with Gasteiger partial charge in [-0.1, -0.05) is 16.8 Å². The second-order valence-corrected chi connectivity index (χ2v) is 5.90. The number of amides is 1. The molecule has 4 rings (SSSR count). The van der Waals surface area contributed by atoms with Crippen molar-refractivity contribution in [1.29, 1.82) is 0 Å². The molecule has 3 heterocycles. The summed E-state index contributed by atoms with van der Waals surface area (Å²) in [6.45, 7) is 1.09. The molecule has 0 aliphatic carbocycles. The highest BCUT2D eigenvalue weighted by atomic mass is 35.5. The third kappa shape index (κ3) is 2.74. The average Bonchev–Trinajstić information content (AvgIpc) is 3.04. The Balaban J connectivity index is 1.42. The number of hydrogen-bond donors (Lipinski definition) is 0. The first-order valence-electron chi connectivity index (χ1n) is 7.35. The molecule has 120 valence electrons. The van der Waals surface area contributed by atoms with E-state index in [1.165, 1.54) is 0 Å². The number of aromatic nitrogens is 4. The normalized spacial score (nSPS) is 14.5. The van der Waals surface area contributed by atoms with Gasteiger partial charge in [0.25, 0.3) is 5.91 Å². The van der Waals surface area contributed by atoms with E-state index in [0.29, 0.717) is 41.1 Å². The lowest BCUT2D eigenvalue weighted by molar-refractivity contribution is 0.0569. The molecule has 0 unspecified atom stereocenters. The van der Waals surface area contributed by atoms with Crippen molar-refractivity contribution in [3.05, 3.63) is 59.3 Å². The Hall–Kier alpha value is -2.80. The molecule has 1 amide bonds. The van der Waals surface area contributed by atoms with Gasteiger partial charge in [-0.05, 0) is 24.3 Å². The lowest BCUT2D eigenvalue weighted by Crippen LogP contribution is -2.48. The Morgan fingerprint density at radius 3 is 2.71 bits per heavy atom. The Bertz CT molecular complexity index is 860. The maximum Gasteiger partial charge on any atom is 0.253 e. The summed E-state index contributed by atoms with van der Waals surface area (Å²) in [4.78, 5) is 26.5. The van der Waals surface area contributed by atoms with Crippen molar-refractivity contribution in [3.8, 4) is 11.5 Å². The zero-order valence-electron chi connectivity index (χ0n) is 12.5. The number of benzene rings is 1. The first-order chi connectivity index (χ1) is 11.7. The monoisotopic (exact) mass is 341 g/mol. The summed E-state index contributed by atoms with van der Waals surface area (Å²) in [5, 5.41) is 4.53. The minimum absolute atomic E-state index is 0.0309. The molecule has 7 nitrogen and oxygen atoms in total. The van der Waals surface area contributed by atoms with Crippen LogP contribution in [0.1, 0.15) is 22.2 Å². The van der Waals surface area contributed by atoms with Gasteiger partial charge in [-0.2, -0.15) is 4.98 Å². The van der Waals surface area contributed by atoms with Gasteiger partial charge in [-0.15, -0.1) is 0 Å². The van der Waals surface area contributed by atoms with Crippen LogP contribution in [0, 0.1) is 0 Å². The van der Waals surface area contributed by atoms with Crippen LogP contribution >= 0.6 is 11.6 Å². The highest BCUT2D eigenvalue weighted by Crippen LogP contribution is 2.28. The van der Waals surface area contributed by atoms with Crippen LogP contribution < -0.4 is 0 Å². The Labute approximate surface area is 142 Å². The quantitative estimate of drug-likeness (QED) is 0.727. The number of halogens is 1. The van der Waals surface area contributed by atoms with Crippen LogP contribution in [0.4, 0.5) is 0 Å². The maximum absolute atomic E-state index is 12.3. The van der Waals surface area contributed by atoms with Gasteiger partial charge in [0.1, 0.15) is 5.69 Å². The van der Waals surface area contributed by atoms with Crippen molar-refractivity contribution in [3.63, 3.8) is 0 Å². The van der Waals surface area contributed by atoms with E-state index in [4.69, 9.17) is 16.1 Å². The second kappa shape index (κ2) is 6.01. The number of likely N-dealkylation sites (tertiary alicyclic amines) is 1. The molecular formula is C16H12ClN5O2. The van der Waals surface area contributed by atoms with Crippen LogP contribution in [0.3, 0.4) is 0 Å². The first kappa shape index (κ1) is 14.8. The molecule has 3 aromatic rings. The number of carbonyl (C=O) groups is 1. The summed E-state index contributed by atoms with van der Waals surface area (Å²) < 4.78 is 5.29. The molecule has 2 aromatic heterocycles. The SMILES string of the molecule is O=C(c1ccc(Cl)cc1)N1CC(c2nc(-c3cnccn3)no2)C1. The van der Waals surface area contributed by atoms with Crippen molar-refractivity contribution in [1.82, 2.24) is 25.0 Å². The van der Waals surface area contributed by atoms with Crippen LogP contribution in [0.25, 0.3) is 11.5 Å². The van der Waals surface area contributed by atoms with Gasteiger partial charge in [0.05, 0.1) is 12.1 Å². The number of rotatable bonds is 3. The molecule has 0 radical (unpaired) electrons.